The fourth-order valence-corrected chi connectivity index (χ4v) is 5.16. The molecule has 1 aliphatic heterocycles. The van der Waals surface area contributed by atoms with E-state index >= 15 is 4.39 Å². The molecule has 6 rings (SSSR count). The summed E-state index contributed by atoms with van der Waals surface area (Å²) < 4.78 is 56.7. The van der Waals surface area contributed by atoms with Crippen LogP contribution in [0.4, 0.5) is 13.2 Å². The quantitative estimate of drug-likeness (QED) is 0.247. The molecule has 3 heterocycles. The molecular weight excluding hydrogens is 547 g/mol. The van der Waals surface area contributed by atoms with Crippen molar-refractivity contribution in [3.05, 3.63) is 101 Å². The zero-order valence-electron chi connectivity index (χ0n) is 22.8. The SMILES string of the molecule is CC1C(F)=CC=C(COc2cccc(-c3ccc(Cc4nc5ccc(C(=O)O)cc5n4C[C@@H]4CCO4)cc3F)n2)C1F. The minimum absolute atomic E-state index is 0.0144. The largest absolute Gasteiger partial charge is 0.478 e. The van der Waals surface area contributed by atoms with E-state index in [1.54, 1.807) is 42.5 Å². The molecule has 1 saturated heterocycles. The van der Waals surface area contributed by atoms with E-state index in [0.29, 0.717) is 53.3 Å². The first-order valence-corrected chi connectivity index (χ1v) is 13.7. The van der Waals surface area contributed by atoms with Gasteiger partial charge in [0.1, 0.15) is 30.2 Å². The van der Waals surface area contributed by atoms with Crippen molar-refractivity contribution in [2.24, 2.45) is 5.92 Å². The number of carbonyl (C=O) groups is 1. The second kappa shape index (κ2) is 11.4. The number of ether oxygens (including phenoxy) is 2. The van der Waals surface area contributed by atoms with Crippen LogP contribution in [0.3, 0.4) is 0 Å². The number of pyridine rings is 1. The smallest absolute Gasteiger partial charge is 0.335 e. The molecule has 0 amide bonds. The summed E-state index contributed by atoms with van der Waals surface area (Å²) in [6.07, 6.45) is 2.37. The highest BCUT2D eigenvalue weighted by Crippen LogP contribution is 2.30. The first-order valence-electron chi connectivity index (χ1n) is 13.7. The van der Waals surface area contributed by atoms with E-state index < -0.39 is 29.7 Å². The monoisotopic (exact) mass is 575 g/mol. The van der Waals surface area contributed by atoms with E-state index in [1.165, 1.54) is 31.2 Å². The molecular formula is C32H28F3N3O4. The molecule has 2 aromatic carbocycles. The number of alkyl halides is 1. The minimum atomic E-state index is -1.49. The van der Waals surface area contributed by atoms with Crippen LogP contribution >= 0.6 is 0 Å². The van der Waals surface area contributed by atoms with Crippen molar-refractivity contribution in [1.29, 1.82) is 0 Å². The number of aromatic nitrogens is 3. The van der Waals surface area contributed by atoms with Gasteiger partial charge in [0.2, 0.25) is 5.88 Å². The molecule has 4 aromatic rings. The Bertz CT molecular complexity index is 1730. The molecule has 2 unspecified atom stereocenters. The van der Waals surface area contributed by atoms with Crippen molar-refractivity contribution in [2.75, 3.05) is 13.2 Å². The molecule has 42 heavy (non-hydrogen) atoms. The van der Waals surface area contributed by atoms with Gasteiger partial charge in [0.05, 0.1) is 34.9 Å². The fourth-order valence-electron chi connectivity index (χ4n) is 5.16. The molecule has 10 heteroatoms. The molecule has 0 spiro atoms. The highest BCUT2D eigenvalue weighted by atomic mass is 19.1. The number of aromatic carboxylic acids is 1. The zero-order chi connectivity index (χ0) is 29.4. The van der Waals surface area contributed by atoms with Gasteiger partial charge in [-0.25, -0.2) is 27.9 Å². The van der Waals surface area contributed by atoms with Gasteiger partial charge in [0, 0.05) is 36.1 Å². The first-order chi connectivity index (χ1) is 20.3. The molecule has 7 nitrogen and oxygen atoms in total. The van der Waals surface area contributed by atoms with E-state index in [9.17, 15) is 18.7 Å². The average Bonchev–Trinajstić information content (AvgIpc) is 3.29. The Labute approximate surface area is 239 Å². The number of allylic oxidation sites excluding steroid dienone is 3. The van der Waals surface area contributed by atoms with Crippen LogP contribution in [-0.2, 0) is 17.7 Å². The highest BCUT2D eigenvalue weighted by Gasteiger charge is 2.28. The van der Waals surface area contributed by atoms with Crippen LogP contribution in [0.1, 0.15) is 35.1 Å². The summed E-state index contributed by atoms with van der Waals surface area (Å²) in [4.78, 5) is 20.7. The Morgan fingerprint density at radius 2 is 1.95 bits per heavy atom. The van der Waals surface area contributed by atoms with Crippen molar-refractivity contribution >= 4 is 17.0 Å². The summed E-state index contributed by atoms with van der Waals surface area (Å²) >= 11 is 0. The second-order valence-electron chi connectivity index (χ2n) is 10.6. The van der Waals surface area contributed by atoms with E-state index in [4.69, 9.17) is 14.5 Å². The summed E-state index contributed by atoms with van der Waals surface area (Å²) in [5.74, 6) is -2.02. The first kappa shape index (κ1) is 27.7. The molecule has 0 bridgehead atoms. The molecule has 0 radical (unpaired) electrons. The van der Waals surface area contributed by atoms with Crippen LogP contribution in [-0.4, -0.2) is 51.1 Å². The lowest BCUT2D eigenvalue weighted by molar-refractivity contribution is -0.0589. The van der Waals surface area contributed by atoms with Gasteiger partial charge in [-0.3, -0.25) is 0 Å². The van der Waals surface area contributed by atoms with Crippen LogP contribution in [0.5, 0.6) is 5.88 Å². The summed E-state index contributed by atoms with van der Waals surface area (Å²) in [6.45, 7) is 2.58. The maximum absolute atomic E-state index is 15.4. The molecule has 1 fully saturated rings. The number of halogens is 3. The lowest BCUT2D eigenvalue weighted by Gasteiger charge is -2.27. The second-order valence-corrected chi connectivity index (χ2v) is 10.6. The van der Waals surface area contributed by atoms with Gasteiger partial charge in [-0.05, 0) is 54.5 Å². The van der Waals surface area contributed by atoms with E-state index in [1.807, 2.05) is 4.57 Å². The third-order valence-corrected chi connectivity index (χ3v) is 7.72. The van der Waals surface area contributed by atoms with Gasteiger partial charge in [0.25, 0.3) is 0 Å². The summed E-state index contributed by atoms with van der Waals surface area (Å²) in [7, 11) is 0. The van der Waals surface area contributed by atoms with Gasteiger partial charge in [-0.1, -0.05) is 25.1 Å². The number of hydrogen-bond acceptors (Lipinski definition) is 5. The number of carboxylic acids is 1. The number of rotatable bonds is 9. The Morgan fingerprint density at radius 1 is 1.12 bits per heavy atom. The van der Waals surface area contributed by atoms with Crippen LogP contribution in [0.2, 0.25) is 0 Å². The van der Waals surface area contributed by atoms with Crippen molar-refractivity contribution in [3.8, 4) is 17.1 Å². The predicted octanol–water partition coefficient (Wildman–Crippen LogP) is 6.46. The molecule has 216 valence electrons. The van der Waals surface area contributed by atoms with Crippen LogP contribution in [0.15, 0.2) is 78.1 Å². The molecule has 1 N–H and O–H groups in total. The maximum atomic E-state index is 15.4. The zero-order valence-corrected chi connectivity index (χ0v) is 22.8. The van der Waals surface area contributed by atoms with Crippen molar-refractivity contribution in [3.63, 3.8) is 0 Å². The molecule has 2 aliphatic rings. The highest BCUT2D eigenvalue weighted by molar-refractivity contribution is 5.92. The van der Waals surface area contributed by atoms with Crippen LogP contribution in [0.25, 0.3) is 22.3 Å². The summed E-state index contributed by atoms with van der Waals surface area (Å²) in [6, 6.07) is 14.6. The van der Waals surface area contributed by atoms with Gasteiger partial charge in [-0.2, -0.15) is 0 Å². The number of carboxylic acid groups (broad SMARTS) is 1. The maximum Gasteiger partial charge on any atom is 0.335 e. The van der Waals surface area contributed by atoms with Gasteiger partial charge >= 0.3 is 5.97 Å². The minimum Gasteiger partial charge on any atom is -0.478 e. The van der Waals surface area contributed by atoms with Crippen molar-refractivity contribution < 1.29 is 32.5 Å². The third kappa shape index (κ3) is 5.54. The Morgan fingerprint density at radius 3 is 2.69 bits per heavy atom. The van der Waals surface area contributed by atoms with E-state index in [-0.39, 0.29) is 29.7 Å². The molecule has 2 aromatic heterocycles. The third-order valence-electron chi connectivity index (χ3n) is 7.72. The summed E-state index contributed by atoms with van der Waals surface area (Å²) in [5.41, 5.74) is 3.12. The standard InChI is InChI=1S/C32H28F3N3O4/c1-18-24(33)9-6-21(31(18)35)17-42-30-4-2-3-26(37-30)23-8-5-19(13-25(23)34)14-29-36-27-10-7-20(32(39)40)15-28(27)38(29)16-22-11-12-41-22/h2-10,13,15,18,22,31H,11-12,14,16-17H2,1H3,(H,39,40)/t18?,22-,31?/m0/s1. The Balaban J connectivity index is 1.22. The van der Waals surface area contributed by atoms with Crippen molar-refractivity contribution in [1.82, 2.24) is 14.5 Å². The number of fused-ring (bicyclic) bond motifs is 1. The van der Waals surface area contributed by atoms with Crippen molar-refractivity contribution in [2.45, 2.75) is 38.6 Å². The molecule has 1 aliphatic carbocycles. The number of nitrogens with zero attached hydrogens (tertiary/aromatic N) is 3. The lowest BCUT2D eigenvalue weighted by Crippen LogP contribution is -2.31. The fraction of sp³-hybridized carbons (Fsp3) is 0.281. The van der Waals surface area contributed by atoms with Gasteiger partial charge in [0.15, 0.2) is 0 Å². The molecule has 3 atom stereocenters. The number of hydrogen-bond donors (Lipinski definition) is 1. The molecule has 0 saturated carbocycles. The Kier molecular flexibility index (Phi) is 7.55. The lowest BCUT2D eigenvalue weighted by atomic mass is 9.93. The normalized spacial score (nSPS) is 20.1. The predicted molar refractivity (Wildman–Crippen MR) is 150 cm³/mol. The average molecular weight is 576 g/mol. The summed E-state index contributed by atoms with van der Waals surface area (Å²) in [5, 5.41) is 9.46. The number of benzene rings is 2. The topological polar surface area (TPSA) is 86.5 Å². The Hall–Kier alpha value is -4.44. The van der Waals surface area contributed by atoms with Crippen LogP contribution < -0.4 is 4.74 Å². The van der Waals surface area contributed by atoms with Gasteiger partial charge < -0.3 is 19.1 Å². The van der Waals surface area contributed by atoms with Crippen LogP contribution in [0, 0.1) is 11.7 Å². The van der Waals surface area contributed by atoms with Gasteiger partial charge in [-0.15, -0.1) is 0 Å². The number of imidazole rings is 1. The van der Waals surface area contributed by atoms with E-state index in [0.717, 1.165) is 6.42 Å². The van der Waals surface area contributed by atoms with E-state index in [2.05, 4.69) is 4.98 Å².